The maximum Gasteiger partial charge on any atom is 0.319 e. The number of anilines is 1. The molecule has 3 N–H and O–H groups in total. The molecule has 2 amide bonds. The Bertz CT molecular complexity index is 354. The summed E-state index contributed by atoms with van der Waals surface area (Å²) in [4.78, 5) is 11.4. The second-order valence-electron chi connectivity index (χ2n) is 3.78. The summed E-state index contributed by atoms with van der Waals surface area (Å²) in [5.41, 5.74) is 0.508. The first-order chi connectivity index (χ1) is 8.11. The van der Waals surface area contributed by atoms with E-state index in [2.05, 4.69) is 10.6 Å². The normalized spacial score (nSPS) is 11.9. The van der Waals surface area contributed by atoms with E-state index in [0.29, 0.717) is 12.1 Å². The van der Waals surface area contributed by atoms with E-state index in [9.17, 15) is 14.3 Å². The number of benzene rings is 1. The van der Waals surface area contributed by atoms with Gasteiger partial charge in [0.2, 0.25) is 0 Å². The smallest absolute Gasteiger partial charge is 0.319 e. The van der Waals surface area contributed by atoms with Crippen molar-refractivity contribution in [2.75, 3.05) is 11.9 Å². The van der Waals surface area contributed by atoms with Gasteiger partial charge in [-0.3, -0.25) is 0 Å². The lowest BCUT2D eigenvalue weighted by Gasteiger charge is -2.11. The number of hydrogen-bond acceptors (Lipinski definition) is 2. The molecule has 0 aliphatic rings. The first kappa shape index (κ1) is 13.4. The van der Waals surface area contributed by atoms with Crippen molar-refractivity contribution in [2.45, 2.75) is 25.9 Å². The van der Waals surface area contributed by atoms with Crippen LogP contribution < -0.4 is 10.6 Å². The zero-order valence-electron chi connectivity index (χ0n) is 9.74. The largest absolute Gasteiger partial charge is 0.391 e. The molecule has 1 aromatic rings. The highest BCUT2D eigenvalue weighted by Crippen LogP contribution is 2.07. The SMILES string of the molecule is CCCC(O)CNC(=O)Nc1ccc(F)cc1. The molecule has 17 heavy (non-hydrogen) atoms. The highest BCUT2D eigenvalue weighted by molar-refractivity contribution is 5.89. The molecule has 0 saturated heterocycles. The van der Waals surface area contributed by atoms with Crippen molar-refractivity contribution in [3.8, 4) is 0 Å². The Hall–Kier alpha value is -1.62. The number of hydrogen-bond donors (Lipinski definition) is 3. The number of halogens is 1. The highest BCUT2D eigenvalue weighted by atomic mass is 19.1. The minimum atomic E-state index is -0.529. The number of carbonyl (C=O) groups excluding carboxylic acids is 1. The van der Waals surface area contributed by atoms with E-state index >= 15 is 0 Å². The van der Waals surface area contributed by atoms with Crippen molar-refractivity contribution in [3.63, 3.8) is 0 Å². The Morgan fingerprint density at radius 3 is 2.65 bits per heavy atom. The second kappa shape index (κ2) is 6.85. The maximum atomic E-state index is 12.6. The molecule has 0 spiro atoms. The number of urea groups is 1. The minimum Gasteiger partial charge on any atom is -0.391 e. The Kier molecular flexibility index (Phi) is 5.42. The van der Waals surface area contributed by atoms with Crippen molar-refractivity contribution in [1.29, 1.82) is 0 Å². The van der Waals surface area contributed by atoms with E-state index in [1.54, 1.807) is 0 Å². The molecule has 1 rings (SSSR count). The molecule has 5 heteroatoms. The van der Waals surface area contributed by atoms with Gasteiger partial charge in [0.1, 0.15) is 5.82 Å². The summed E-state index contributed by atoms with van der Waals surface area (Å²) in [7, 11) is 0. The maximum absolute atomic E-state index is 12.6. The second-order valence-corrected chi connectivity index (χ2v) is 3.78. The van der Waals surface area contributed by atoms with Gasteiger partial charge < -0.3 is 15.7 Å². The molecule has 94 valence electrons. The van der Waals surface area contributed by atoms with E-state index in [1.165, 1.54) is 24.3 Å². The van der Waals surface area contributed by atoms with Crippen LogP contribution in [0.1, 0.15) is 19.8 Å². The molecule has 0 heterocycles. The quantitative estimate of drug-likeness (QED) is 0.738. The van der Waals surface area contributed by atoms with Crippen LogP contribution in [0.25, 0.3) is 0 Å². The van der Waals surface area contributed by atoms with Crippen LogP contribution >= 0.6 is 0 Å². The van der Waals surface area contributed by atoms with E-state index < -0.39 is 12.1 Å². The standard InChI is InChI=1S/C12H17FN2O2/c1-2-3-11(16)8-14-12(17)15-10-6-4-9(13)5-7-10/h4-7,11,16H,2-3,8H2,1H3,(H2,14,15,17). The predicted octanol–water partition coefficient (Wildman–Crippen LogP) is 2.11. The molecule has 0 saturated carbocycles. The highest BCUT2D eigenvalue weighted by Gasteiger charge is 2.05. The number of aliphatic hydroxyl groups is 1. The van der Waals surface area contributed by atoms with Crippen LogP contribution in [0, 0.1) is 5.82 Å². The summed E-state index contributed by atoms with van der Waals surface area (Å²) in [6.45, 7) is 2.17. The van der Waals surface area contributed by atoms with Crippen molar-refractivity contribution >= 4 is 11.7 Å². The van der Waals surface area contributed by atoms with Crippen LogP contribution in [0.2, 0.25) is 0 Å². The topological polar surface area (TPSA) is 61.4 Å². The van der Waals surface area contributed by atoms with E-state index in [1.807, 2.05) is 6.92 Å². The molecule has 1 atom stereocenters. The third kappa shape index (κ3) is 5.31. The molecular weight excluding hydrogens is 223 g/mol. The Morgan fingerprint density at radius 1 is 1.41 bits per heavy atom. The first-order valence-electron chi connectivity index (χ1n) is 5.60. The van der Waals surface area contributed by atoms with E-state index in [4.69, 9.17) is 0 Å². The zero-order chi connectivity index (χ0) is 12.7. The summed E-state index contributed by atoms with van der Waals surface area (Å²) >= 11 is 0. The molecular formula is C12H17FN2O2. The lowest BCUT2D eigenvalue weighted by Crippen LogP contribution is -2.35. The monoisotopic (exact) mass is 240 g/mol. The first-order valence-corrected chi connectivity index (χ1v) is 5.60. The van der Waals surface area contributed by atoms with Crippen LogP contribution in [0.15, 0.2) is 24.3 Å². The van der Waals surface area contributed by atoms with Crippen molar-refractivity contribution in [1.82, 2.24) is 5.32 Å². The van der Waals surface area contributed by atoms with Crippen LogP contribution in [-0.2, 0) is 0 Å². The Labute approximate surface area is 99.8 Å². The van der Waals surface area contributed by atoms with Crippen LogP contribution in [0.4, 0.5) is 14.9 Å². The van der Waals surface area contributed by atoms with Gasteiger partial charge in [-0.2, -0.15) is 0 Å². The van der Waals surface area contributed by atoms with Gasteiger partial charge in [-0.25, -0.2) is 9.18 Å². The summed E-state index contributed by atoms with van der Waals surface area (Å²) < 4.78 is 12.6. The van der Waals surface area contributed by atoms with Gasteiger partial charge in [-0.15, -0.1) is 0 Å². The molecule has 0 aromatic heterocycles. The van der Waals surface area contributed by atoms with Gasteiger partial charge in [0, 0.05) is 12.2 Å². The third-order valence-electron chi connectivity index (χ3n) is 2.22. The number of rotatable bonds is 5. The number of nitrogens with one attached hydrogen (secondary N) is 2. The lowest BCUT2D eigenvalue weighted by molar-refractivity contribution is 0.162. The van der Waals surface area contributed by atoms with Gasteiger partial charge in [0.05, 0.1) is 6.10 Å². The molecule has 0 radical (unpaired) electrons. The predicted molar refractivity (Wildman–Crippen MR) is 64.3 cm³/mol. The van der Waals surface area contributed by atoms with Crippen LogP contribution in [-0.4, -0.2) is 23.8 Å². The number of aliphatic hydroxyl groups excluding tert-OH is 1. The summed E-state index contributed by atoms with van der Waals surface area (Å²) in [5, 5.41) is 14.5. The number of amides is 2. The van der Waals surface area contributed by atoms with E-state index in [-0.39, 0.29) is 12.4 Å². The van der Waals surface area contributed by atoms with Gasteiger partial charge in [-0.05, 0) is 30.7 Å². The van der Waals surface area contributed by atoms with Gasteiger partial charge in [0.25, 0.3) is 0 Å². The average molecular weight is 240 g/mol. The third-order valence-corrected chi connectivity index (χ3v) is 2.22. The van der Waals surface area contributed by atoms with Gasteiger partial charge in [0.15, 0.2) is 0 Å². The van der Waals surface area contributed by atoms with Crippen molar-refractivity contribution in [2.24, 2.45) is 0 Å². The minimum absolute atomic E-state index is 0.209. The fourth-order valence-electron chi connectivity index (χ4n) is 1.35. The van der Waals surface area contributed by atoms with E-state index in [0.717, 1.165) is 6.42 Å². The molecule has 1 unspecified atom stereocenters. The van der Waals surface area contributed by atoms with Crippen molar-refractivity contribution < 1.29 is 14.3 Å². The van der Waals surface area contributed by atoms with Gasteiger partial charge >= 0.3 is 6.03 Å². The Morgan fingerprint density at radius 2 is 2.06 bits per heavy atom. The van der Waals surface area contributed by atoms with Crippen LogP contribution in [0.5, 0.6) is 0 Å². The summed E-state index contributed by atoms with van der Waals surface area (Å²) in [6.07, 6.45) is 0.984. The van der Waals surface area contributed by atoms with Crippen LogP contribution in [0.3, 0.4) is 0 Å². The molecule has 1 aromatic carbocycles. The van der Waals surface area contributed by atoms with Gasteiger partial charge in [-0.1, -0.05) is 13.3 Å². The molecule has 0 aliphatic heterocycles. The molecule has 0 bridgehead atoms. The fraction of sp³-hybridized carbons (Fsp3) is 0.417. The summed E-state index contributed by atoms with van der Waals surface area (Å²) in [6, 6.07) is 5.06. The summed E-state index contributed by atoms with van der Waals surface area (Å²) in [5.74, 6) is -0.352. The molecule has 0 fully saturated rings. The fourth-order valence-corrected chi connectivity index (χ4v) is 1.35. The Balaban J connectivity index is 2.32. The lowest BCUT2D eigenvalue weighted by atomic mass is 10.2. The average Bonchev–Trinajstić information content (AvgIpc) is 2.30. The number of carbonyl (C=O) groups is 1. The molecule has 4 nitrogen and oxygen atoms in total. The molecule has 0 aliphatic carbocycles. The zero-order valence-corrected chi connectivity index (χ0v) is 9.74. The van der Waals surface area contributed by atoms with Crippen molar-refractivity contribution in [3.05, 3.63) is 30.1 Å².